The van der Waals surface area contributed by atoms with Crippen molar-refractivity contribution in [1.82, 2.24) is 20.0 Å². The molecular weight excluding hydrogens is 292 g/mol. The van der Waals surface area contributed by atoms with E-state index >= 15 is 0 Å². The Morgan fingerprint density at radius 2 is 2.26 bits per heavy atom. The van der Waals surface area contributed by atoms with Crippen LogP contribution in [0.2, 0.25) is 0 Å². The number of hydrogen-bond donors (Lipinski definition) is 1. The standard InChI is InChI=1S/C17H28N4O2/c1-19(2)7-6-18-17(22)15-9-13-10-21(12-16(13)20(15)3)11-14-5-4-8-23-14/h4-5,8,13,15-16H,6-7,9-12H2,1-3H3,(H,18,22)/t13-,15+,16+/m1/s1. The zero-order valence-corrected chi connectivity index (χ0v) is 14.4. The summed E-state index contributed by atoms with van der Waals surface area (Å²) in [6.45, 7) is 4.54. The summed E-state index contributed by atoms with van der Waals surface area (Å²) in [6.07, 6.45) is 2.69. The number of likely N-dealkylation sites (N-methyl/N-ethyl adjacent to an activating group) is 2. The third-order valence-electron chi connectivity index (χ3n) is 5.14. The van der Waals surface area contributed by atoms with Crippen molar-refractivity contribution in [2.75, 3.05) is 47.3 Å². The van der Waals surface area contributed by atoms with E-state index in [0.717, 1.165) is 44.9 Å². The SMILES string of the molecule is CN(C)CCNC(=O)[C@@H]1C[C@@H]2CN(Cc3ccco3)C[C@@H]2N1C. The van der Waals surface area contributed by atoms with Crippen molar-refractivity contribution < 1.29 is 9.21 Å². The van der Waals surface area contributed by atoms with Gasteiger partial charge in [-0.1, -0.05) is 0 Å². The summed E-state index contributed by atoms with van der Waals surface area (Å²) in [5.41, 5.74) is 0. The van der Waals surface area contributed by atoms with E-state index < -0.39 is 0 Å². The topological polar surface area (TPSA) is 52.0 Å². The molecule has 0 bridgehead atoms. The first-order valence-electron chi connectivity index (χ1n) is 8.43. The third kappa shape index (κ3) is 3.76. The van der Waals surface area contributed by atoms with Gasteiger partial charge in [-0.25, -0.2) is 0 Å². The number of carbonyl (C=O) groups is 1. The molecule has 2 fully saturated rings. The second-order valence-electron chi connectivity index (χ2n) is 7.11. The maximum absolute atomic E-state index is 12.4. The van der Waals surface area contributed by atoms with Crippen molar-refractivity contribution in [3.05, 3.63) is 24.2 Å². The number of furan rings is 1. The van der Waals surface area contributed by atoms with Gasteiger partial charge < -0.3 is 14.6 Å². The van der Waals surface area contributed by atoms with Gasteiger partial charge in [0.1, 0.15) is 5.76 Å². The average molecular weight is 320 g/mol. The van der Waals surface area contributed by atoms with Crippen LogP contribution in [0.15, 0.2) is 22.8 Å². The molecule has 128 valence electrons. The zero-order chi connectivity index (χ0) is 16.4. The fourth-order valence-corrected chi connectivity index (χ4v) is 3.88. The average Bonchev–Trinajstić information content (AvgIpc) is 3.18. The quantitative estimate of drug-likeness (QED) is 0.825. The van der Waals surface area contributed by atoms with Gasteiger partial charge in [-0.2, -0.15) is 0 Å². The molecule has 1 N–H and O–H groups in total. The highest BCUT2D eigenvalue weighted by Gasteiger charge is 2.46. The van der Waals surface area contributed by atoms with Crippen LogP contribution in [-0.2, 0) is 11.3 Å². The van der Waals surface area contributed by atoms with Crippen LogP contribution in [0, 0.1) is 5.92 Å². The van der Waals surface area contributed by atoms with Crippen LogP contribution in [0.1, 0.15) is 12.2 Å². The molecular formula is C17H28N4O2. The fourth-order valence-electron chi connectivity index (χ4n) is 3.88. The lowest BCUT2D eigenvalue weighted by atomic mass is 10.0. The Hall–Kier alpha value is -1.37. The Labute approximate surface area is 138 Å². The van der Waals surface area contributed by atoms with E-state index in [1.54, 1.807) is 6.26 Å². The van der Waals surface area contributed by atoms with Gasteiger partial charge in [0, 0.05) is 32.2 Å². The molecule has 0 unspecified atom stereocenters. The summed E-state index contributed by atoms with van der Waals surface area (Å²) >= 11 is 0. The van der Waals surface area contributed by atoms with Gasteiger partial charge in [0.25, 0.3) is 0 Å². The molecule has 6 heteroatoms. The van der Waals surface area contributed by atoms with Crippen LogP contribution >= 0.6 is 0 Å². The molecule has 1 amide bonds. The van der Waals surface area contributed by atoms with Crippen molar-refractivity contribution in [1.29, 1.82) is 0 Å². The monoisotopic (exact) mass is 320 g/mol. The van der Waals surface area contributed by atoms with Crippen LogP contribution in [-0.4, -0.2) is 80.0 Å². The van der Waals surface area contributed by atoms with E-state index in [2.05, 4.69) is 27.1 Å². The summed E-state index contributed by atoms with van der Waals surface area (Å²) in [5, 5.41) is 3.07. The molecule has 0 radical (unpaired) electrons. The Morgan fingerprint density at radius 3 is 2.91 bits per heavy atom. The van der Waals surface area contributed by atoms with Gasteiger partial charge in [0.2, 0.25) is 5.91 Å². The van der Waals surface area contributed by atoms with Gasteiger partial charge in [-0.15, -0.1) is 0 Å². The molecule has 2 saturated heterocycles. The van der Waals surface area contributed by atoms with E-state index in [1.807, 2.05) is 26.2 Å². The van der Waals surface area contributed by atoms with Crippen LogP contribution in [0.5, 0.6) is 0 Å². The first-order valence-corrected chi connectivity index (χ1v) is 8.43. The van der Waals surface area contributed by atoms with Crippen molar-refractivity contribution in [2.24, 2.45) is 5.92 Å². The van der Waals surface area contributed by atoms with Crippen molar-refractivity contribution in [3.8, 4) is 0 Å². The summed E-state index contributed by atoms with van der Waals surface area (Å²) in [4.78, 5) is 19.2. The minimum absolute atomic E-state index is 0.0259. The molecule has 1 aromatic heterocycles. The molecule has 6 nitrogen and oxygen atoms in total. The van der Waals surface area contributed by atoms with E-state index in [-0.39, 0.29) is 11.9 Å². The van der Waals surface area contributed by atoms with Crippen LogP contribution in [0.25, 0.3) is 0 Å². The number of nitrogens with zero attached hydrogens (tertiary/aromatic N) is 3. The maximum atomic E-state index is 12.4. The smallest absolute Gasteiger partial charge is 0.237 e. The lowest BCUT2D eigenvalue weighted by Crippen LogP contribution is -2.46. The molecule has 23 heavy (non-hydrogen) atoms. The Balaban J connectivity index is 1.49. The minimum Gasteiger partial charge on any atom is -0.468 e. The molecule has 3 rings (SSSR count). The van der Waals surface area contributed by atoms with Gasteiger partial charge in [0.05, 0.1) is 18.8 Å². The van der Waals surface area contributed by atoms with Crippen molar-refractivity contribution >= 4 is 5.91 Å². The Morgan fingerprint density at radius 1 is 1.43 bits per heavy atom. The highest BCUT2D eigenvalue weighted by molar-refractivity contribution is 5.82. The van der Waals surface area contributed by atoms with E-state index in [9.17, 15) is 4.79 Å². The molecule has 0 aliphatic carbocycles. The number of likely N-dealkylation sites (tertiary alicyclic amines) is 2. The fraction of sp³-hybridized carbons (Fsp3) is 0.706. The minimum atomic E-state index is 0.0259. The normalized spacial score (nSPS) is 28.4. The molecule has 1 aromatic rings. The first-order chi connectivity index (χ1) is 11.0. The summed E-state index contributed by atoms with van der Waals surface area (Å²) < 4.78 is 5.44. The maximum Gasteiger partial charge on any atom is 0.237 e. The van der Waals surface area contributed by atoms with Crippen LogP contribution in [0.4, 0.5) is 0 Å². The lowest BCUT2D eigenvalue weighted by molar-refractivity contribution is -0.125. The number of amides is 1. The number of carbonyl (C=O) groups excluding carboxylic acids is 1. The lowest BCUT2D eigenvalue weighted by Gasteiger charge is -2.26. The third-order valence-corrected chi connectivity index (χ3v) is 5.14. The summed E-state index contributed by atoms with van der Waals surface area (Å²) in [6, 6.07) is 4.47. The van der Waals surface area contributed by atoms with Gasteiger partial charge in [0.15, 0.2) is 0 Å². The number of hydrogen-bond acceptors (Lipinski definition) is 5. The Kier molecular flexibility index (Phi) is 5.04. The molecule has 3 heterocycles. The van der Waals surface area contributed by atoms with Crippen molar-refractivity contribution in [2.45, 2.75) is 25.0 Å². The zero-order valence-electron chi connectivity index (χ0n) is 14.4. The highest BCUT2D eigenvalue weighted by atomic mass is 16.3. The molecule has 0 spiro atoms. The van der Waals surface area contributed by atoms with E-state index in [1.165, 1.54) is 0 Å². The second kappa shape index (κ2) is 7.03. The summed E-state index contributed by atoms with van der Waals surface area (Å²) in [7, 11) is 6.13. The molecule has 0 aromatic carbocycles. The predicted octanol–water partition coefficient (Wildman–Crippen LogP) is 0.462. The second-order valence-corrected chi connectivity index (χ2v) is 7.11. The predicted molar refractivity (Wildman–Crippen MR) is 89.0 cm³/mol. The van der Waals surface area contributed by atoms with Crippen LogP contribution in [0.3, 0.4) is 0 Å². The summed E-state index contributed by atoms with van der Waals surface area (Å²) in [5.74, 6) is 1.78. The molecule has 0 saturated carbocycles. The largest absolute Gasteiger partial charge is 0.468 e. The van der Waals surface area contributed by atoms with E-state index in [4.69, 9.17) is 4.42 Å². The first kappa shape index (κ1) is 16.5. The van der Waals surface area contributed by atoms with Gasteiger partial charge in [-0.05, 0) is 45.6 Å². The van der Waals surface area contributed by atoms with Crippen molar-refractivity contribution in [3.63, 3.8) is 0 Å². The van der Waals surface area contributed by atoms with E-state index in [0.29, 0.717) is 12.0 Å². The van der Waals surface area contributed by atoms with Crippen LogP contribution < -0.4 is 5.32 Å². The molecule has 2 aliphatic rings. The Bertz CT molecular complexity index is 517. The van der Waals surface area contributed by atoms with Gasteiger partial charge in [-0.3, -0.25) is 14.6 Å². The number of rotatable bonds is 6. The highest BCUT2D eigenvalue weighted by Crippen LogP contribution is 2.35. The number of nitrogens with one attached hydrogen (secondary N) is 1. The van der Waals surface area contributed by atoms with Gasteiger partial charge >= 0.3 is 0 Å². The molecule has 3 atom stereocenters. The molecule has 2 aliphatic heterocycles. The number of fused-ring (bicyclic) bond motifs is 1.